The Labute approximate surface area is 148 Å². The first-order valence-corrected chi connectivity index (χ1v) is 9.90. The Morgan fingerprint density at radius 2 is 1.71 bits per heavy atom. The van der Waals surface area contributed by atoms with Crippen molar-refractivity contribution in [3.8, 4) is 0 Å². The molecule has 0 aliphatic carbocycles. The number of carbonyl (C=O) groups excluding carboxylic acids is 2. The second-order valence-corrected chi connectivity index (χ2v) is 7.08. The van der Waals surface area contributed by atoms with E-state index < -0.39 is 23.4 Å². The fourth-order valence-electron chi connectivity index (χ4n) is 2.76. The maximum absolute atomic E-state index is 12.5. The molecule has 0 radical (unpaired) electrons. The zero-order chi connectivity index (χ0) is 17.9. The van der Waals surface area contributed by atoms with Gasteiger partial charge >= 0.3 is 11.9 Å². The van der Waals surface area contributed by atoms with Gasteiger partial charge in [-0.05, 0) is 13.3 Å². The smallest absolute Gasteiger partial charge is 0.339 e. The minimum Gasteiger partial charge on any atom is -0.480 e. The van der Waals surface area contributed by atoms with Crippen LogP contribution in [0.4, 0.5) is 0 Å². The van der Waals surface area contributed by atoms with E-state index in [1.54, 1.807) is 6.92 Å². The summed E-state index contributed by atoms with van der Waals surface area (Å²) in [6, 6.07) is -0.943. The van der Waals surface area contributed by atoms with Crippen molar-refractivity contribution in [3.63, 3.8) is 0 Å². The van der Waals surface area contributed by atoms with Crippen LogP contribution in [0.1, 0.15) is 65.2 Å². The molecule has 2 atom stereocenters. The molecule has 138 valence electrons. The summed E-state index contributed by atoms with van der Waals surface area (Å²) in [7, 11) is 0. The number of ether oxygens (including phenoxy) is 1. The van der Waals surface area contributed by atoms with Crippen LogP contribution >= 0.6 is 11.8 Å². The van der Waals surface area contributed by atoms with Crippen molar-refractivity contribution in [1.82, 2.24) is 4.90 Å². The molecule has 1 aliphatic heterocycles. The molecule has 1 N–H and O–H groups in total. The highest BCUT2D eigenvalue weighted by Gasteiger charge is 2.45. The van der Waals surface area contributed by atoms with Gasteiger partial charge in [0.2, 0.25) is 5.91 Å². The predicted octanol–water partition coefficient (Wildman–Crippen LogP) is 3.04. The molecule has 0 bridgehead atoms. The van der Waals surface area contributed by atoms with Crippen LogP contribution in [0.25, 0.3) is 0 Å². The Bertz CT molecular complexity index is 429. The molecule has 1 fully saturated rings. The summed E-state index contributed by atoms with van der Waals surface area (Å²) in [6.45, 7) is 4.08. The number of thioether (sulfide) groups is 1. The van der Waals surface area contributed by atoms with Gasteiger partial charge in [-0.1, -0.05) is 45.4 Å². The van der Waals surface area contributed by atoms with Crippen LogP contribution in [0, 0.1) is 0 Å². The molecule has 2 unspecified atom stereocenters. The number of unbranched alkanes of at least 4 members (excludes halogenated alkanes) is 6. The molecule has 0 saturated carbocycles. The van der Waals surface area contributed by atoms with Crippen molar-refractivity contribution in [2.75, 3.05) is 12.4 Å². The molecule has 0 aromatic rings. The van der Waals surface area contributed by atoms with Crippen molar-refractivity contribution in [2.45, 2.75) is 76.6 Å². The van der Waals surface area contributed by atoms with Crippen molar-refractivity contribution >= 4 is 29.6 Å². The summed E-state index contributed by atoms with van der Waals surface area (Å²) in [5.74, 6) is -1.64. The number of carbonyl (C=O) groups is 3. The molecule has 1 saturated heterocycles. The molecule has 1 rings (SSSR count). The monoisotopic (exact) mass is 359 g/mol. The number of hydrogen-bond donors (Lipinski definition) is 1. The van der Waals surface area contributed by atoms with E-state index in [0.29, 0.717) is 0 Å². The Hall–Kier alpha value is -1.24. The summed E-state index contributed by atoms with van der Waals surface area (Å²) in [5.41, 5.74) is 0. The van der Waals surface area contributed by atoms with Gasteiger partial charge in [0.1, 0.15) is 6.04 Å². The molecular weight excluding hydrogens is 330 g/mol. The zero-order valence-corrected chi connectivity index (χ0v) is 15.5. The molecule has 1 amide bonds. The molecule has 24 heavy (non-hydrogen) atoms. The molecule has 0 aromatic carbocycles. The lowest BCUT2D eigenvalue weighted by molar-refractivity contribution is -0.156. The number of hydrogen-bond acceptors (Lipinski definition) is 5. The third-order valence-electron chi connectivity index (χ3n) is 4.06. The lowest BCUT2D eigenvalue weighted by atomic mass is 10.1. The van der Waals surface area contributed by atoms with Crippen LogP contribution in [-0.4, -0.2) is 51.6 Å². The average Bonchev–Trinajstić information content (AvgIpc) is 2.99. The fraction of sp³-hybridized carbons (Fsp3) is 0.824. The first-order valence-electron chi connectivity index (χ1n) is 8.85. The number of rotatable bonds is 11. The standard InChI is InChI=1S/C17H29NO5S/c1-3-5-6-7-8-9-10-11-14(19)18-13(16(20)21)12-24-15(18)17(22)23-4-2/h13,15H,3-12H2,1-2H3,(H,20,21). The van der Waals surface area contributed by atoms with Gasteiger partial charge in [-0.2, -0.15) is 0 Å². The number of nitrogens with zero attached hydrogens (tertiary/aromatic N) is 1. The van der Waals surface area contributed by atoms with E-state index in [1.807, 2.05) is 0 Å². The predicted molar refractivity (Wildman–Crippen MR) is 93.8 cm³/mol. The summed E-state index contributed by atoms with van der Waals surface area (Å²) in [6.07, 6.45) is 7.90. The summed E-state index contributed by atoms with van der Waals surface area (Å²) < 4.78 is 4.97. The summed E-state index contributed by atoms with van der Waals surface area (Å²) in [4.78, 5) is 37.0. The van der Waals surface area contributed by atoms with Crippen LogP contribution in [0.5, 0.6) is 0 Å². The summed E-state index contributed by atoms with van der Waals surface area (Å²) >= 11 is 1.17. The van der Waals surface area contributed by atoms with Gasteiger partial charge in [0, 0.05) is 12.2 Å². The lowest BCUT2D eigenvalue weighted by Gasteiger charge is -2.26. The fourth-order valence-corrected chi connectivity index (χ4v) is 4.06. The highest BCUT2D eigenvalue weighted by atomic mass is 32.2. The van der Waals surface area contributed by atoms with E-state index in [0.717, 1.165) is 19.3 Å². The molecular formula is C17H29NO5S. The van der Waals surface area contributed by atoms with Crippen molar-refractivity contribution in [3.05, 3.63) is 0 Å². The van der Waals surface area contributed by atoms with Crippen LogP contribution in [0.2, 0.25) is 0 Å². The van der Waals surface area contributed by atoms with Gasteiger partial charge < -0.3 is 14.7 Å². The van der Waals surface area contributed by atoms with E-state index in [4.69, 9.17) is 4.74 Å². The summed E-state index contributed by atoms with van der Waals surface area (Å²) in [5, 5.41) is 8.46. The molecule has 6 nitrogen and oxygen atoms in total. The van der Waals surface area contributed by atoms with E-state index in [9.17, 15) is 19.5 Å². The minimum absolute atomic E-state index is 0.216. The minimum atomic E-state index is -1.07. The van der Waals surface area contributed by atoms with Crippen molar-refractivity contribution < 1.29 is 24.2 Å². The number of amides is 1. The maximum Gasteiger partial charge on any atom is 0.339 e. The molecule has 1 heterocycles. The van der Waals surface area contributed by atoms with Gasteiger partial charge in [0.15, 0.2) is 5.37 Å². The van der Waals surface area contributed by atoms with E-state index in [-0.39, 0.29) is 24.7 Å². The molecule has 7 heteroatoms. The SMILES string of the molecule is CCCCCCCCCC(=O)N1C(C(=O)O)CSC1C(=O)OCC. The lowest BCUT2D eigenvalue weighted by Crippen LogP contribution is -2.48. The van der Waals surface area contributed by atoms with Gasteiger partial charge in [-0.3, -0.25) is 4.79 Å². The largest absolute Gasteiger partial charge is 0.480 e. The van der Waals surface area contributed by atoms with Crippen molar-refractivity contribution in [1.29, 1.82) is 0 Å². The topological polar surface area (TPSA) is 83.9 Å². The van der Waals surface area contributed by atoms with Crippen LogP contribution < -0.4 is 0 Å². The van der Waals surface area contributed by atoms with Gasteiger partial charge in [-0.25, -0.2) is 9.59 Å². The van der Waals surface area contributed by atoms with E-state index in [1.165, 1.54) is 42.3 Å². The first kappa shape index (κ1) is 20.8. The maximum atomic E-state index is 12.5. The Kier molecular flexibility index (Phi) is 9.83. The second kappa shape index (κ2) is 11.3. The zero-order valence-electron chi connectivity index (χ0n) is 14.7. The Balaban J connectivity index is 2.49. The first-order chi connectivity index (χ1) is 11.5. The quantitative estimate of drug-likeness (QED) is 0.451. The number of esters is 1. The second-order valence-electron chi connectivity index (χ2n) is 5.96. The van der Waals surface area contributed by atoms with Gasteiger partial charge in [0.25, 0.3) is 0 Å². The molecule has 1 aliphatic rings. The van der Waals surface area contributed by atoms with Crippen molar-refractivity contribution in [2.24, 2.45) is 0 Å². The van der Waals surface area contributed by atoms with E-state index >= 15 is 0 Å². The molecule has 0 aromatic heterocycles. The normalized spacial score (nSPS) is 20.2. The number of carboxylic acids is 1. The average molecular weight is 359 g/mol. The van der Waals surface area contributed by atoms with Crippen LogP contribution in [0.15, 0.2) is 0 Å². The molecule has 0 spiro atoms. The highest BCUT2D eigenvalue weighted by Crippen LogP contribution is 2.31. The Morgan fingerprint density at radius 1 is 1.08 bits per heavy atom. The van der Waals surface area contributed by atoms with E-state index in [2.05, 4.69) is 6.92 Å². The van der Waals surface area contributed by atoms with Crippen LogP contribution in [0.3, 0.4) is 0 Å². The third-order valence-corrected chi connectivity index (χ3v) is 5.30. The number of aliphatic carboxylic acids is 1. The highest BCUT2D eigenvalue weighted by molar-refractivity contribution is 8.00. The van der Waals surface area contributed by atoms with Crippen LogP contribution in [-0.2, 0) is 19.1 Å². The van der Waals surface area contributed by atoms with Gasteiger partial charge in [-0.15, -0.1) is 11.8 Å². The Morgan fingerprint density at radius 3 is 2.29 bits per heavy atom. The third kappa shape index (κ3) is 6.34. The van der Waals surface area contributed by atoms with Gasteiger partial charge in [0.05, 0.1) is 6.61 Å². The number of carboxylic acid groups (broad SMARTS) is 1.